The Bertz CT molecular complexity index is 425. The van der Waals surface area contributed by atoms with Crippen molar-refractivity contribution < 1.29 is 0 Å². The molecule has 3 saturated carbocycles. The number of hydrogen-bond donors (Lipinski definition) is 0. The molecule has 0 N–H and O–H groups in total. The maximum absolute atomic E-state index is 4.49. The largest absolute Gasteiger partial charge is 0.0996 e. The Labute approximate surface area is 125 Å². The van der Waals surface area contributed by atoms with Crippen molar-refractivity contribution in [2.45, 2.75) is 66.2 Å². The summed E-state index contributed by atoms with van der Waals surface area (Å²) >= 11 is 0. The second-order valence-electron chi connectivity index (χ2n) is 8.39. The van der Waals surface area contributed by atoms with E-state index in [-0.39, 0.29) is 0 Å². The lowest BCUT2D eigenvalue weighted by Crippen LogP contribution is -2.53. The smallest absolute Gasteiger partial charge is 0.0169 e. The SMILES string of the molecule is C=C(CCC=C(C)C)[C@H]1CC[C@]2(C)[C@H]1[C@@H]1[C@H]2CC[C@@H]1C. The van der Waals surface area contributed by atoms with Crippen LogP contribution in [0.15, 0.2) is 23.8 Å². The molecule has 0 aliphatic heterocycles. The zero-order valence-electron chi connectivity index (χ0n) is 13.9. The van der Waals surface area contributed by atoms with Crippen molar-refractivity contribution >= 4 is 0 Å². The number of hydrogen-bond acceptors (Lipinski definition) is 0. The summed E-state index contributed by atoms with van der Waals surface area (Å²) in [6.07, 6.45) is 10.7. The lowest BCUT2D eigenvalue weighted by Gasteiger charge is -2.58. The van der Waals surface area contributed by atoms with Crippen LogP contribution in [0.2, 0.25) is 0 Å². The van der Waals surface area contributed by atoms with Gasteiger partial charge in [0.2, 0.25) is 0 Å². The van der Waals surface area contributed by atoms with Gasteiger partial charge in [-0.25, -0.2) is 0 Å². The van der Waals surface area contributed by atoms with Crippen LogP contribution in [0.25, 0.3) is 0 Å². The lowest BCUT2D eigenvalue weighted by atomic mass is 9.47. The summed E-state index contributed by atoms with van der Waals surface area (Å²) in [5.74, 6) is 4.88. The van der Waals surface area contributed by atoms with Crippen LogP contribution in [-0.4, -0.2) is 0 Å². The van der Waals surface area contributed by atoms with Crippen LogP contribution in [-0.2, 0) is 0 Å². The molecule has 0 amide bonds. The van der Waals surface area contributed by atoms with Crippen LogP contribution in [0.3, 0.4) is 0 Å². The van der Waals surface area contributed by atoms with Gasteiger partial charge in [-0.05, 0) is 81.0 Å². The Hall–Kier alpha value is -0.520. The Balaban J connectivity index is 1.67. The summed E-state index contributed by atoms with van der Waals surface area (Å²) in [5, 5.41) is 0. The molecule has 0 spiro atoms. The summed E-state index contributed by atoms with van der Waals surface area (Å²) in [6.45, 7) is 14.0. The molecule has 3 aliphatic carbocycles. The highest BCUT2D eigenvalue weighted by atomic mass is 14.7. The van der Waals surface area contributed by atoms with Gasteiger partial charge in [-0.3, -0.25) is 0 Å². The van der Waals surface area contributed by atoms with E-state index in [2.05, 4.69) is 40.3 Å². The molecule has 0 aromatic heterocycles. The molecular formula is C20H32. The number of allylic oxidation sites excluding steroid dienone is 3. The van der Waals surface area contributed by atoms with Gasteiger partial charge in [0.25, 0.3) is 0 Å². The summed E-state index contributed by atoms with van der Waals surface area (Å²) < 4.78 is 0. The normalized spacial score (nSPS) is 45.5. The minimum absolute atomic E-state index is 0.680. The highest BCUT2D eigenvalue weighted by molar-refractivity contribution is 5.21. The molecule has 3 fully saturated rings. The van der Waals surface area contributed by atoms with Crippen LogP contribution < -0.4 is 0 Å². The van der Waals surface area contributed by atoms with Gasteiger partial charge in [0.15, 0.2) is 0 Å². The van der Waals surface area contributed by atoms with Crippen molar-refractivity contribution in [1.82, 2.24) is 0 Å². The highest BCUT2D eigenvalue weighted by Crippen LogP contribution is 2.73. The fourth-order valence-corrected chi connectivity index (χ4v) is 6.08. The van der Waals surface area contributed by atoms with E-state index >= 15 is 0 Å². The van der Waals surface area contributed by atoms with Crippen molar-refractivity contribution in [2.75, 3.05) is 0 Å². The molecule has 0 heteroatoms. The predicted octanol–water partition coefficient (Wildman–Crippen LogP) is 6.00. The summed E-state index contributed by atoms with van der Waals surface area (Å²) in [7, 11) is 0. The average Bonchev–Trinajstić information content (AvgIpc) is 2.84. The third-order valence-corrected chi connectivity index (χ3v) is 7.05. The molecule has 0 aromatic carbocycles. The molecule has 0 aromatic rings. The van der Waals surface area contributed by atoms with Gasteiger partial charge in [-0.2, -0.15) is 0 Å². The van der Waals surface area contributed by atoms with Crippen molar-refractivity contribution in [3.8, 4) is 0 Å². The molecule has 0 unspecified atom stereocenters. The van der Waals surface area contributed by atoms with Crippen LogP contribution in [0.1, 0.15) is 66.2 Å². The highest BCUT2D eigenvalue weighted by Gasteiger charge is 2.66. The number of fused-ring (bicyclic) bond motifs is 4. The topological polar surface area (TPSA) is 0 Å². The van der Waals surface area contributed by atoms with Crippen LogP contribution in [0, 0.1) is 35.0 Å². The van der Waals surface area contributed by atoms with Gasteiger partial charge in [0.05, 0.1) is 0 Å². The first-order valence-electron chi connectivity index (χ1n) is 8.76. The Kier molecular flexibility index (Phi) is 3.63. The minimum Gasteiger partial charge on any atom is -0.0996 e. The van der Waals surface area contributed by atoms with Crippen LogP contribution in [0.5, 0.6) is 0 Å². The van der Waals surface area contributed by atoms with Gasteiger partial charge in [0.1, 0.15) is 0 Å². The van der Waals surface area contributed by atoms with E-state index in [0.29, 0.717) is 5.41 Å². The fraction of sp³-hybridized carbons (Fsp3) is 0.800. The Morgan fingerprint density at radius 2 is 2.00 bits per heavy atom. The summed E-state index contributed by atoms with van der Waals surface area (Å²) in [6, 6.07) is 0. The Morgan fingerprint density at radius 3 is 2.70 bits per heavy atom. The van der Waals surface area contributed by atoms with Gasteiger partial charge < -0.3 is 0 Å². The zero-order chi connectivity index (χ0) is 14.5. The molecule has 0 nitrogen and oxygen atoms in total. The third kappa shape index (κ3) is 2.02. The van der Waals surface area contributed by atoms with Crippen LogP contribution in [0.4, 0.5) is 0 Å². The molecule has 6 atom stereocenters. The van der Waals surface area contributed by atoms with Crippen molar-refractivity contribution in [2.24, 2.45) is 35.0 Å². The van der Waals surface area contributed by atoms with Crippen molar-refractivity contribution in [1.29, 1.82) is 0 Å². The minimum atomic E-state index is 0.680. The van der Waals surface area contributed by atoms with E-state index in [0.717, 1.165) is 29.6 Å². The molecule has 0 heterocycles. The third-order valence-electron chi connectivity index (χ3n) is 7.05. The van der Waals surface area contributed by atoms with Gasteiger partial charge in [-0.1, -0.05) is 44.1 Å². The second kappa shape index (κ2) is 5.04. The molecule has 112 valence electrons. The van der Waals surface area contributed by atoms with Crippen molar-refractivity contribution in [3.05, 3.63) is 23.8 Å². The summed E-state index contributed by atoms with van der Waals surface area (Å²) in [4.78, 5) is 0. The van der Waals surface area contributed by atoms with E-state index < -0.39 is 0 Å². The predicted molar refractivity (Wildman–Crippen MR) is 87.5 cm³/mol. The second-order valence-corrected chi connectivity index (χ2v) is 8.39. The first kappa shape index (κ1) is 14.4. The molecular weight excluding hydrogens is 240 g/mol. The van der Waals surface area contributed by atoms with E-state index in [1.165, 1.54) is 44.1 Å². The average molecular weight is 272 g/mol. The monoisotopic (exact) mass is 272 g/mol. The molecule has 3 aliphatic rings. The molecule has 0 bridgehead atoms. The van der Waals surface area contributed by atoms with Gasteiger partial charge in [0, 0.05) is 0 Å². The van der Waals surface area contributed by atoms with E-state index in [1.807, 2.05) is 0 Å². The summed E-state index contributed by atoms with van der Waals surface area (Å²) in [5.41, 5.74) is 3.69. The number of rotatable bonds is 4. The first-order valence-corrected chi connectivity index (χ1v) is 8.76. The van der Waals surface area contributed by atoms with Crippen molar-refractivity contribution in [3.63, 3.8) is 0 Å². The molecule has 0 radical (unpaired) electrons. The Morgan fingerprint density at radius 1 is 1.25 bits per heavy atom. The van der Waals surface area contributed by atoms with Gasteiger partial charge >= 0.3 is 0 Å². The fourth-order valence-electron chi connectivity index (χ4n) is 6.08. The maximum atomic E-state index is 4.49. The molecule has 20 heavy (non-hydrogen) atoms. The quantitative estimate of drug-likeness (QED) is 0.551. The van der Waals surface area contributed by atoms with E-state index in [9.17, 15) is 0 Å². The van der Waals surface area contributed by atoms with Gasteiger partial charge in [-0.15, -0.1) is 0 Å². The molecule has 3 rings (SSSR count). The zero-order valence-corrected chi connectivity index (χ0v) is 13.9. The maximum Gasteiger partial charge on any atom is -0.0169 e. The molecule has 0 saturated heterocycles. The standard InChI is InChI=1S/C20H32/c1-13(2)7-6-8-14(3)16-11-12-20(5)17-10-9-15(4)18(17)19(16)20/h7,15-19H,3,6,8-12H2,1-2,4-5H3/t15-,16+,17+,18-,19+,20-/m0/s1. The first-order chi connectivity index (χ1) is 9.45. The lowest BCUT2D eigenvalue weighted by molar-refractivity contribution is -0.0944. The van der Waals surface area contributed by atoms with E-state index in [1.54, 1.807) is 5.57 Å². The van der Waals surface area contributed by atoms with Crippen LogP contribution >= 0.6 is 0 Å². The van der Waals surface area contributed by atoms with E-state index in [4.69, 9.17) is 0 Å².